The van der Waals surface area contributed by atoms with E-state index < -0.39 is 17.7 Å². The van der Waals surface area contributed by atoms with Gasteiger partial charge in [-0.05, 0) is 32.4 Å². The number of amides is 2. The van der Waals surface area contributed by atoms with Crippen molar-refractivity contribution in [3.8, 4) is 5.75 Å². The van der Waals surface area contributed by atoms with Gasteiger partial charge in [-0.3, -0.25) is 9.59 Å². The largest absolute Gasteiger partial charge is 0.481 e. The average molecular weight is 328 g/mol. The van der Waals surface area contributed by atoms with Gasteiger partial charge in [-0.15, -0.1) is 0 Å². The number of carbonyl (C=O) groups is 2. The standard InChI is InChI=1S/C16H22F2N2O3/c1-4-20(12(3)21)9-5-8-19-16(22)11(2)23-13-6-7-14(17)15(18)10-13/h6-7,10-11H,4-5,8-9H2,1-3H3,(H,19,22). The van der Waals surface area contributed by atoms with Crippen molar-refractivity contribution in [3.63, 3.8) is 0 Å². The molecule has 1 N–H and O–H groups in total. The Morgan fingerprint density at radius 1 is 1.30 bits per heavy atom. The van der Waals surface area contributed by atoms with E-state index in [4.69, 9.17) is 4.74 Å². The molecule has 1 rings (SSSR count). The van der Waals surface area contributed by atoms with Crippen molar-refractivity contribution < 1.29 is 23.1 Å². The van der Waals surface area contributed by atoms with Crippen LogP contribution in [0.3, 0.4) is 0 Å². The third-order valence-electron chi connectivity index (χ3n) is 3.30. The highest BCUT2D eigenvalue weighted by Gasteiger charge is 2.15. The van der Waals surface area contributed by atoms with Crippen molar-refractivity contribution in [2.75, 3.05) is 19.6 Å². The Bertz CT molecular complexity index is 552. The van der Waals surface area contributed by atoms with E-state index in [0.29, 0.717) is 26.1 Å². The fourth-order valence-corrected chi connectivity index (χ4v) is 1.97. The van der Waals surface area contributed by atoms with E-state index in [2.05, 4.69) is 5.32 Å². The normalized spacial score (nSPS) is 11.7. The lowest BCUT2D eigenvalue weighted by Gasteiger charge is -2.19. The second kappa shape index (κ2) is 9.07. The zero-order valence-corrected chi connectivity index (χ0v) is 13.6. The van der Waals surface area contributed by atoms with Gasteiger partial charge in [0.05, 0.1) is 0 Å². The van der Waals surface area contributed by atoms with E-state index in [1.165, 1.54) is 19.9 Å². The van der Waals surface area contributed by atoms with Gasteiger partial charge in [-0.1, -0.05) is 0 Å². The third kappa shape index (κ3) is 6.22. The summed E-state index contributed by atoms with van der Waals surface area (Å²) in [7, 11) is 0. The minimum absolute atomic E-state index is 0.00568. The van der Waals surface area contributed by atoms with Gasteiger partial charge < -0.3 is 15.0 Å². The molecule has 0 spiro atoms. The summed E-state index contributed by atoms with van der Waals surface area (Å²) in [6, 6.07) is 3.09. The van der Waals surface area contributed by atoms with Gasteiger partial charge in [0.15, 0.2) is 17.7 Å². The molecule has 0 fully saturated rings. The highest BCUT2D eigenvalue weighted by atomic mass is 19.2. The molecule has 1 unspecified atom stereocenters. The molecule has 1 aromatic rings. The number of halogens is 2. The molecule has 7 heteroatoms. The maximum Gasteiger partial charge on any atom is 0.260 e. The van der Waals surface area contributed by atoms with Crippen LogP contribution < -0.4 is 10.1 Å². The Morgan fingerprint density at radius 3 is 2.57 bits per heavy atom. The lowest BCUT2D eigenvalue weighted by atomic mass is 10.3. The van der Waals surface area contributed by atoms with E-state index in [9.17, 15) is 18.4 Å². The number of ether oxygens (including phenoxy) is 1. The molecule has 0 saturated heterocycles. The van der Waals surface area contributed by atoms with E-state index >= 15 is 0 Å². The summed E-state index contributed by atoms with van der Waals surface area (Å²) < 4.78 is 31.1. The minimum atomic E-state index is -1.03. The molecule has 0 aliphatic heterocycles. The van der Waals surface area contributed by atoms with E-state index in [1.54, 1.807) is 4.90 Å². The molecular formula is C16H22F2N2O3. The molecule has 0 radical (unpaired) electrons. The molecule has 2 amide bonds. The number of benzene rings is 1. The van der Waals surface area contributed by atoms with Gasteiger partial charge in [0.2, 0.25) is 5.91 Å². The van der Waals surface area contributed by atoms with Crippen LogP contribution in [0.2, 0.25) is 0 Å². The highest BCUT2D eigenvalue weighted by Crippen LogP contribution is 2.16. The van der Waals surface area contributed by atoms with E-state index in [1.807, 2.05) is 6.92 Å². The summed E-state index contributed by atoms with van der Waals surface area (Å²) in [5, 5.41) is 2.68. The van der Waals surface area contributed by atoms with Crippen LogP contribution in [-0.4, -0.2) is 42.5 Å². The van der Waals surface area contributed by atoms with Gasteiger partial charge in [0.1, 0.15) is 5.75 Å². The predicted octanol–water partition coefficient (Wildman–Crippen LogP) is 2.11. The Hall–Kier alpha value is -2.18. The first-order valence-corrected chi connectivity index (χ1v) is 7.50. The quantitative estimate of drug-likeness (QED) is 0.744. The van der Waals surface area contributed by atoms with Crippen LogP contribution in [0.1, 0.15) is 27.2 Å². The molecule has 23 heavy (non-hydrogen) atoms. The van der Waals surface area contributed by atoms with Crippen LogP contribution in [0.4, 0.5) is 8.78 Å². The van der Waals surface area contributed by atoms with Crippen LogP contribution in [0.5, 0.6) is 5.75 Å². The molecule has 1 aromatic carbocycles. The number of carbonyl (C=O) groups excluding carboxylic acids is 2. The number of hydrogen-bond acceptors (Lipinski definition) is 3. The van der Waals surface area contributed by atoms with Crippen molar-refractivity contribution in [2.45, 2.75) is 33.3 Å². The molecule has 0 saturated carbocycles. The Balaban J connectivity index is 2.36. The van der Waals surface area contributed by atoms with Gasteiger partial charge in [-0.25, -0.2) is 8.78 Å². The Labute approximate surface area is 134 Å². The summed E-state index contributed by atoms with van der Waals surface area (Å²) in [5.74, 6) is -2.28. The molecule has 1 atom stereocenters. The summed E-state index contributed by atoms with van der Waals surface area (Å²) in [6.45, 7) is 6.49. The maximum absolute atomic E-state index is 13.1. The molecule has 0 heterocycles. The van der Waals surface area contributed by atoms with Crippen molar-refractivity contribution in [1.82, 2.24) is 10.2 Å². The molecule has 5 nitrogen and oxygen atoms in total. The first kappa shape index (κ1) is 18.9. The molecular weight excluding hydrogens is 306 g/mol. The summed E-state index contributed by atoms with van der Waals surface area (Å²) in [5.41, 5.74) is 0. The topological polar surface area (TPSA) is 58.6 Å². The Morgan fingerprint density at radius 2 is 2.00 bits per heavy atom. The third-order valence-corrected chi connectivity index (χ3v) is 3.30. The molecule has 128 valence electrons. The van der Waals surface area contributed by atoms with E-state index in [-0.39, 0.29) is 17.6 Å². The number of nitrogens with zero attached hydrogens (tertiary/aromatic N) is 1. The van der Waals surface area contributed by atoms with Crippen LogP contribution in [0, 0.1) is 11.6 Å². The van der Waals surface area contributed by atoms with Crippen molar-refractivity contribution in [3.05, 3.63) is 29.8 Å². The molecule has 0 aromatic heterocycles. The highest BCUT2D eigenvalue weighted by molar-refractivity contribution is 5.80. The fourth-order valence-electron chi connectivity index (χ4n) is 1.97. The van der Waals surface area contributed by atoms with Crippen LogP contribution in [-0.2, 0) is 9.59 Å². The predicted molar refractivity (Wildman–Crippen MR) is 82.0 cm³/mol. The lowest BCUT2D eigenvalue weighted by Crippen LogP contribution is -2.38. The van der Waals surface area contributed by atoms with Crippen molar-refractivity contribution >= 4 is 11.8 Å². The van der Waals surface area contributed by atoms with Crippen LogP contribution >= 0.6 is 0 Å². The SMILES string of the molecule is CCN(CCCNC(=O)C(C)Oc1ccc(F)c(F)c1)C(C)=O. The van der Waals surface area contributed by atoms with Gasteiger partial charge in [-0.2, -0.15) is 0 Å². The molecule has 0 aliphatic rings. The fraction of sp³-hybridized carbons (Fsp3) is 0.500. The van der Waals surface area contributed by atoms with Crippen molar-refractivity contribution in [2.24, 2.45) is 0 Å². The van der Waals surface area contributed by atoms with Gasteiger partial charge >= 0.3 is 0 Å². The second-order valence-corrected chi connectivity index (χ2v) is 5.08. The van der Waals surface area contributed by atoms with Gasteiger partial charge in [0.25, 0.3) is 5.91 Å². The van der Waals surface area contributed by atoms with Crippen LogP contribution in [0.25, 0.3) is 0 Å². The molecule has 0 bridgehead atoms. The Kier molecular flexibility index (Phi) is 7.44. The first-order chi connectivity index (χ1) is 10.8. The number of hydrogen-bond donors (Lipinski definition) is 1. The van der Waals surface area contributed by atoms with E-state index in [0.717, 1.165) is 12.1 Å². The summed E-state index contributed by atoms with van der Waals surface area (Å²) >= 11 is 0. The maximum atomic E-state index is 13.1. The smallest absolute Gasteiger partial charge is 0.260 e. The van der Waals surface area contributed by atoms with Crippen LogP contribution in [0.15, 0.2) is 18.2 Å². The lowest BCUT2D eigenvalue weighted by molar-refractivity contribution is -0.128. The zero-order valence-electron chi connectivity index (χ0n) is 13.6. The summed E-state index contributed by atoms with van der Waals surface area (Å²) in [4.78, 5) is 24.8. The second-order valence-electron chi connectivity index (χ2n) is 5.08. The number of nitrogens with one attached hydrogen (secondary N) is 1. The monoisotopic (exact) mass is 328 g/mol. The average Bonchev–Trinajstić information content (AvgIpc) is 2.50. The number of rotatable bonds is 8. The molecule has 0 aliphatic carbocycles. The minimum Gasteiger partial charge on any atom is -0.481 e. The summed E-state index contributed by atoms with van der Waals surface area (Å²) in [6.07, 6.45) is -0.216. The zero-order chi connectivity index (χ0) is 17.4. The van der Waals surface area contributed by atoms with Gasteiger partial charge in [0, 0.05) is 32.6 Å². The first-order valence-electron chi connectivity index (χ1n) is 7.50. The van der Waals surface area contributed by atoms with Crippen molar-refractivity contribution in [1.29, 1.82) is 0 Å².